The average molecular weight is 196 g/mol. The number of thiazole rings is 1. The van der Waals surface area contributed by atoms with Crippen LogP contribution >= 0.6 is 11.3 Å². The number of nitrogens with zero attached hydrogens (tertiary/aromatic N) is 1. The van der Waals surface area contributed by atoms with Crippen molar-refractivity contribution in [1.29, 1.82) is 0 Å². The third-order valence-corrected chi connectivity index (χ3v) is 2.76. The summed E-state index contributed by atoms with van der Waals surface area (Å²) in [5.74, 6) is 0. The Morgan fingerprint density at radius 2 is 2.54 bits per heavy atom. The Labute approximate surface area is 83.7 Å². The molecule has 1 atom stereocenters. The van der Waals surface area contributed by atoms with Gasteiger partial charge in [0.25, 0.3) is 0 Å². The second kappa shape index (κ2) is 5.89. The van der Waals surface area contributed by atoms with Gasteiger partial charge in [0.1, 0.15) is 5.01 Å². The van der Waals surface area contributed by atoms with Crippen molar-refractivity contribution in [1.82, 2.24) is 10.3 Å². The quantitative estimate of drug-likeness (QED) is 0.732. The van der Waals surface area contributed by atoms with Gasteiger partial charge >= 0.3 is 0 Å². The van der Waals surface area contributed by atoms with Gasteiger partial charge in [-0.2, -0.15) is 0 Å². The van der Waals surface area contributed by atoms with Crippen molar-refractivity contribution in [3.63, 3.8) is 0 Å². The first-order valence-corrected chi connectivity index (χ1v) is 5.50. The second-order valence-corrected chi connectivity index (χ2v) is 3.73. The summed E-state index contributed by atoms with van der Waals surface area (Å²) in [7, 11) is 0. The second-order valence-electron chi connectivity index (χ2n) is 2.81. The molecule has 1 aromatic rings. The first-order chi connectivity index (χ1) is 6.38. The van der Waals surface area contributed by atoms with Gasteiger partial charge in [-0.15, -0.1) is 11.3 Å². The Morgan fingerprint density at radius 3 is 3.08 bits per heavy atom. The molecule has 0 fully saturated rings. The van der Waals surface area contributed by atoms with E-state index in [1.54, 1.807) is 11.3 Å². The van der Waals surface area contributed by atoms with Gasteiger partial charge in [0, 0.05) is 18.1 Å². The molecule has 3 heteroatoms. The van der Waals surface area contributed by atoms with Crippen LogP contribution in [0.15, 0.2) is 23.7 Å². The van der Waals surface area contributed by atoms with Crippen LogP contribution in [-0.2, 0) is 0 Å². The Balaban J connectivity index is 2.44. The summed E-state index contributed by atoms with van der Waals surface area (Å²) in [6.07, 6.45) is 7.13. The lowest BCUT2D eigenvalue weighted by atomic mass is 10.2. The van der Waals surface area contributed by atoms with E-state index < -0.39 is 0 Å². The SMILES string of the molecule is C/C=C/CNC(CC)c1nccs1. The molecular formula is C10H16N2S. The monoisotopic (exact) mass is 196 g/mol. The van der Waals surface area contributed by atoms with Crippen molar-refractivity contribution >= 4 is 11.3 Å². The maximum absolute atomic E-state index is 4.30. The highest BCUT2D eigenvalue weighted by molar-refractivity contribution is 7.09. The van der Waals surface area contributed by atoms with Gasteiger partial charge in [0.15, 0.2) is 0 Å². The van der Waals surface area contributed by atoms with Crippen LogP contribution in [0.5, 0.6) is 0 Å². The van der Waals surface area contributed by atoms with E-state index in [2.05, 4.69) is 29.4 Å². The lowest BCUT2D eigenvalue weighted by Crippen LogP contribution is -2.20. The zero-order chi connectivity index (χ0) is 9.52. The molecule has 0 aliphatic heterocycles. The fourth-order valence-electron chi connectivity index (χ4n) is 1.14. The largest absolute Gasteiger partial charge is 0.304 e. The van der Waals surface area contributed by atoms with E-state index in [1.807, 2.05) is 18.5 Å². The number of aromatic nitrogens is 1. The van der Waals surface area contributed by atoms with Crippen LogP contribution in [-0.4, -0.2) is 11.5 Å². The van der Waals surface area contributed by atoms with Gasteiger partial charge in [0.05, 0.1) is 6.04 Å². The molecule has 0 saturated heterocycles. The average Bonchev–Trinajstić information content (AvgIpc) is 2.65. The molecule has 0 aliphatic carbocycles. The van der Waals surface area contributed by atoms with Gasteiger partial charge in [0.2, 0.25) is 0 Å². The Hall–Kier alpha value is -0.670. The van der Waals surface area contributed by atoms with Crippen LogP contribution < -0.4 is 5.32 Å². The third kappa shape index (κ3) is 3.28. The molecule has 1 N–H and O–H groups in total. The van der Waals surface area contributed by atoms with Gasteiger partial charge in [-0.1, -0.05) is 19.1 Å². The normalized spacial score (nSPS) is 13.7. The van der Waals surface area contributed by atoms with E-state index in [4.69, 9.17) is 0 Å². The summed E-state index contributed by atoms with van der Waals surface area (Å²) in [6.45, 7) is 5.13. The molecule has 0 saturated carbocycles. The van der Waals surface area contributed by atoms with Crippen LogP contribution in [0.2, 0.25) is 0 Å². The first-order valence-electron chi connectivity index (χ1n) is 4.62. The van der Waals surface area contributed by atoms with E-state index in [0.29, 0.717) is 6.04 Å². The molecule has 2 nitrogen and oxygen atoms in total. The van der Waals surface area contributed by atoms with Crippen molar-refractivity contribution < 1.29 is 0 Å². The predicted octanol–water partition coefficient (Wildman–Crippen LogP) is 2.76. The Morgan fingerprint density at radius 1 is 1.69 bits per heavy atom. The summed E-state index contributed by atoms with van der Waals surface area (Å²) in [5.41, 5.74) is 0. The van der Waals surface area contributed by atoms with Crippen LogP contribution in [0.3, 0.4) is 0 Å². The van der Waals surface area contributed by atoms with Crippen LogP contribution in [0, 0.1) is 0 Å². The Kier molecular flexibility index (Phi) is 4.72. The summed E-state index contributed by atoms with van der Waals surface area (Å²) in [5, 5.41) is 6.64. The smallest absolute Gasteiger partial charge is 0.109 e. The minimum atomic E-state index is 0.413. The fraction of sp³-hybridized carbons (Fsp3) is 0.500. The van der Waals surface area contributed by atoms with Crippen molar-refractivity contribution in [2.45, 2.75) is 26.3 Å². The van der Waals surface area contributed by atoms with Gasteiger partial charge < -0.3 is 5.32 Å². The molecule has 0 amide bonds. The summed E-state index contributed by atoms with van der Waals surface area (Å²) >= 11 is 1.72. The minimum absolute atomic E-state index is 0.413. The summed E-state index contributed by atoms with van der Waals surface area (Å²) < 4.78 is 0. The number of nitrogens with one attached hydrogen (secondary N) is 1. The Bertz CT molecular complexity index is 241. The van der Waals surface area contributed by atoms with E-state index in [-0.39, 0.29) is 0 Å². The van der Waals surface area contributed by atoms with E-state index in [1.165, 1.54) is 5.01 Å². The number of hydrogen-bond donors (Lipinski definition) is 1. The van der Waals surface area contributed by atoms with Crippen LogP contribution in [0.25, 0.3) is 0 Å². The van der Waals surface area contributed by atoms with Crippen molar-refractivity contribution in [2.24, 2.45) is 0 Å². The standard InChI is InChI=1S/C10H16N2S/c1-3-5-6-11-9(4-2)10-12-7-8-13-10/h3,5,7-9,11H,4,6H2,1-2H3/b5-3+. The van der Waals surface area contributed by atoms with Crippen LogP contribution in [0.4, 0.5) is 0 Å². The number of allylic oxidation sites excluding steroid dienone is 1. The number of hydrogen-bond acceptors (Lipinski definition) is 3. The fourth-order valence-corrected chi connectivity index (χ4v) is 1.94. The maximum Gasteiger partial charge on any atom is 0.109 e. The summed E-state index contributed by atoms with van der Waals surface area (Å²) in [4.78, 5) is 4.30. The highest BCUT2D eigenvalue weighted by Crippen LogP contribution is 2.18. The zero-order valence-corrected chi connectivity index (χ0v) is 8.97. The topological polar surface area (TPSA) is 24.9 Å². The maximum atomic E-state index is 4.30. The van der Waals surface area contributed by atoms with E-state index >= 15 is 0 Å². The number of rotatable bonds is 5. The first kappa shape index (κ1) is 10.4. The molecule has 0 aromatic carbocycles. The van der Waals surface area contributed by atoms with Crippen molar-refractivity contribution in [3.8, 4) is 0 Å². The lowest BCUT2D eigenvalue weighted by Gasteiger charge is -2.12. The van der Waals surface area contributed by atoms with Crippen LogP contribution in [0.1, 0.15) is 31.3 Å². The third-order valence-electron chi connectivity index (χ3n) is 1.88. The molecule has 1 unspecified atom stereocenters. The zero-order valence-electron chi connectivity index (χ0n) is 8.16. The highest BCUT2D eigenvalue weighted by Gasteiger charge is 2.09. The molecular weight excluding hydrogens is 180 g/mol. The molecule has 0 radical (unpaired) electrons. The lowest BCUT2D eigenvalue weighted by molar-refractivity contribution is 0.548. The van der Waals surface area contributed by atoms with Gasteiger partial charge in [-0.3, -0.25) is 0 Å². The molecule has 1 heterocycles. The van der Waals surface area contributed by atoms with E-state index in [9.17, 15) is 0 Å². The van der Waals surface area contributed by atoms with E-state index in [0.717, 1.165) is 13.0 Å². The van der Waals surface area contributed by atoms with Gasteiger partial charge in [-0.25, -0.2) is 4.98 Å². The predicted molar refractivity (Wildman–Crippen MR) is 58.0 cm³/mol. The molecule has 0 spiro atoms. The molecule has 0 bridgehead atoms. The molecule has 72 valence electrons. The van der Waals surface area contributed by atoms with Gasteiger partial charge in [-0.05, 0) is 13.3 Å². The minimum Gasteiger partial charge on any atom is -0.304 e. The molecule has 13 heavy (non-hydrogen) atoms. The van der Waals surface area contributed by atoms with Crippen molar-refractivity contribution in [3.05, 3.63) is 28.7 Å². The molecule has 1 rings (SSSR count). The summed E-state index contributed by atoms with van der Waals surface area (Å²) in [6, 6.07) is 0.413. The molecule has 0 aliphatic rings. The van der Waals surface area contributed by atoms with Crippen molar-refractivity contribution in [2.75, 3.05) is 6.54 Å². The molecule has 1 aromatic heterocycles. The highest BCUT2D eigenvalue weighted by atomic mass is 32.1.